The Hall–Kier alpha value is -2.41. The van der Waals surface area contributed by atoms with Gasteiger partial charge in [-0.05, 0) is 24.3 Å². The van der Waals surface area contributed by atoms with Gasteiger partial charge in [-0.3, -0.25) is 9.59 Å². The van der Waals surface area contributed by atoms with Crippen LogP contribution in [0.3, 0.4) is 0 Å². The summed E-state index contributed by atoms with van der Waals surface area (Å²) in [5.74, 6) is -0.194. The summed E-state index contributed by atoms with van der Waals surface area (Å²) in [6.45, 7) is -0.128. The summed E-state index contributed by atoms with van der Waals surface area (Å²) in [5.41, 5.74) is 1.01. The number of ether oxygens (including phenoxy) is 1. The normalized spacial score (nSPS) is 9.91. The number of carbonyl (C=O) groups excluding carboxylic acids is 2. The lowest BCUT2D eigenvalue weighted by atomic mass is 10.2. The van der Waals surface area contributed by atoms with Gasteiger partial charge in [-0.1, -0.05) is 22.0 Å². The van der Waals surface area contributed by atoms with E-state index >= 15 is 0 Å². The van der Waals surface area contributed by atoms with E-state index in [4.69, 9.17) is 4.74 Å². The van der Waals surface area contributed by atoms with Crippen molar-refractivity contribution in [2.75, 3.05) is 19.0 Å². The molecular formula is C15H14BrN3O3. The van der Waals surface area contributed by atoms with E-state index in [2.05, 4.69) is 31.5 Å². The minimum atomic E-state index is -0.338. The zero-order chi connectivity index (χ0) is 15.9. The van der Waals surface area contributed by atoms with E-state index in [9.17, 15) is 9.59 Å². The molecule has 0 aliphatic heterocycles. The molecule has 2 N–H and O–H groups in total. The van der Waals surface area contributed by atoms with Crippen LogP contribution in [0.25, 0.3) is 0 Å². The Balaban J connectivity index is 1.85. The predicted octanol–water partition coefficient (Wildman–Crippen LogP) is 2.22. The van der Waals surface area contributed by atoms with Crippen LogP contribution in [0.2, 0.25) is 0 Å². The summed E-state index contributed by atoms with van der Waals surface area (Å²) < 4.78 is 5.73. The molecule has 0 unspecified atom stereocenters. The summed E-state index contributed by atoms with van der Waals surface area (Å²) in [5, 5.41) is 5.18. The Bertz CT molecular complexity index is 674. The molecule has 7 heteroatoms. The van der Waals surface area contributed by atoms with Crippen molar-refractivity contribution in [3.05, 3.63) is 52.6 Å². The van der Waals surface area contributed by atoms with Crippen molar-refractivity contribution in [2.24, 2.45) is 0 Å². The Kier molecular flexibility index (Phi) is 5.48. The minimum Gasteiger partial charge on any atom is -0.481 e. The van der Waals surface area contributed by atoms with Crippen LogP contribution in [-0.4, -0.2) is 30.5 Å². The van der Waals surface area contributed by atoms with E-state index in [1.807, 2.05) is 6.07 Å². The van der Waals surface area contributed by atoms with Crippen LogP contribution in [0, 0.1) is 0 Å². The molecule has 0 aliphatic rings. The molecule has 2 aromatic rings. The van der Waals surface area contributed by atoms with Crippen molar-refractivity contribution in [1.29, 1.82) is 0 Å². The Morgan fingerprint density at radius 1 is 1.27 bits per heavy atom. The zero-order valence-corrected chi connectivity index (χ0v) is 13.4. The van der Waals surface area contributed by atoms with Crippen LogP contribution in [0.4, 0.5) is 5.69 Å². The van der Waals surface area contributed by atoms with Crippen LogP contribution >= 0.6 is 15.9 Å². The SMILES string of the molecule is COc1ccc(NC(=O)CNC(=O)c2cccc(Br)c2)cn1. The van der Waals surface area contributed by atoms with Gasteiger partial charge in [0.1, 0.15) is 0 Å². The van der Waals surface area contributed by atoms with Gasteiger partial charge < -0.3 is 15.4 Å². The number of rotatable bonds is 5. The van der Waals surface area contributed by atoms with Gasteiger partial charge in [-0.15, -0.1) is 0 Å². The number of pyridine rings is 1. The molecule has 0 aliphatic carbocycles. The lowest BCUT2D eigenvalue weighted by Gasteiger charge is -2.07. The van der Waals surface area contributed by atoms with Crippen LogP contribution in [0.15, 0.2) is 47.1 Å². The van der Waals surface area contributed by atoms with Gasteiger partial charge in [-0.2, -0.15) is 0 Å². The number of anilines is 1. The fourth-order valence-electron chi connectivity index (χ4n) is 1.67. The van der Waals surface area contributed by atoms with Gasteiger partial charge in [0.2, 0.25) is 11.8 Å². The minimum absolute atomic E-state index is 0.128. The molecule has 0 radical (unpaired) electrons. The molecule has 2 amide bonds. The number of hydrogen-bond donors (Lipinski definition) is 2. The van der Waals surface area contributed by atoms with E-state index < -0.39 is 0 Å². The number of methoxy groups -OCH3 is 1. The Labute approximate surface area is 136 Å². The summed E-state index contributed by atoms with van der Waals surface area (Å²) in [7, 11) is 1.51. The van der Waals surface area contributed by atoms with Crippen LogP contribution < -0.4 is 15.4 Å². The molecule has 1 heterocycles. The third-order valence-electron chi connectivity index (χ3n) is 2.73. The summed E-state index contributed by atoms with van der Waals surface area (Å²) in [4.78, 5) is 27.6. The number of benzene rings is 1. The highest BCUT2D eigenvalue weighted by Gasteiger charge is 2.08. The summed E-state index contributed by atoms with van der Waals surface area (Å²) in [6, 6.07) is 10.2. The largest absolute Gasteiger partial charge is 0.481 e. The smallest absolute Gasteiger partial charge is 0.251 e. The van der Waals surface area contributed by atoms with E-state index in [0.29, 0.717) is 17.1 Å². The van der Waals surface area contributed by atoms with E-state index in [1.54, 1.807) is 30.3 Å². The average molecular weight is 364 g/mol. The molecule has 1 aromatic carbocycles. The molecule has 0 atom stereocenters. The summed E-state index contributed by atoms with van der Waals surface area (Å²) >= 11 is 3.29. The first-order valence-corrected chi connectivity index (χ1v) is 7.21. The van der Waals surface area contributed by atoms with E-state index in [0.717, 1.165) is 4.47 Å². The predicted molar refractivity (Wildman–Crippen MR) is 85.9 cm³/mol. The van der Waals surface area contributed by atoms with Gasteiger partial charge in [0.15, 0.2) is 0 Å². The first-order valence-electron chi connectivity index (χ1n) is 6.42. The molecule has 22 heavy (non-hydrogen) atoms. The fraction of sp³-hybridized carbons (Fsp3) is 0.133. The standard InChI is InChI=1S/C15H14BrN3O3/c1-22-14-6-5-12(8-17-14)19-13(20)9-18-15(21)10-3-2-4-11(16)7-10/h2-8H,9H2,1H3,(H,18,21)(H,19,20). The van der Waals surface area contributed by atoms with Crippen LogP contribution in [-0.2, 0) is 4.79 Å². The van der Waals surface area contributed by atoms with Crippen molar-refractivity contribution < 1.29 is 14.3 Å². The van der Waals surface area contributed by atoms with E-state index in [1.165, 1.54) is 13.3 Å². The maximum atomic E-state index is 11.9. The second-order valence-electron chi connectivity index (χ2n) is 4.33. The first kappa shape index (κ1) is 16.0. The number of halogens is 1. The van der Waals surface area contributed by atoms with Crippen molar-refractivity contribution in [3.8, 4) is 5.88 Å². The van der Waals surface area contributed by atoms with Crippen LogP contribution in [0.5, 0.6) is 5.88 Å². The lowest BCUT2D eigenvalue weighted by molar-refractivity contribution is -0.115. The summed E-state index contributed by atoms with van der Waals surface area (Å²) in [6.07, 6.45) is 1.48. The molecule has 1 aromatic heterocycles. The molecule has 0 fully saturated rings. The number of nitrogens with zero attached hydrogens (tertiary/aromatic N) is 1. The molecule has 0 spiro atoms. The van der Waals surface area contributed by atoms with Crippen LogP contribution in [0.1, 0.15) is 10.4 Å². The molecule has 114 valence electrons. The van der Waals surface area contributed by atoms with E-state index in [-0.39, 0.29) is 18.4 Å². The molecular weight excluding hydrogens is 350 g/mol. The van der Waals surface area contributed by atoms with Crippen molar-refractivity contribution in [1.82, 2.24) is 10.3 Å². The molecule has 2 rings (SSSR count). The third-order valence-corrected chi connectivity index (χ3v) is 3.22. The van der Waals surface area contributed by atoms with Gasteiger partial charge in [-0.25, -0.2) is 4.98 Å². The highest BCUT2D eigenvalue weighted by atomic mass is 79.9. The highest BCUT2D eigenvalue weighted by molar-refractivity contribution is 9.10. The number of aromatic nitrogens is 1. The van der Waals surface area contributed by atoms with Gasteiger partial charge in [0.05, 0.1) is 25.5 Å². The quantitative estimate of drug-likeness (QED) is 0.853. The number of amides is 2. The Morgan fingerprint density at radius 3 is 2.73 bits per heavy atom. The fourth-order valence-corrected chi connectivity index (χ4v) is 2.07. The monoisotopic (exact) mass is 363 g/mol. The van der Waals surface area contributed by atoms with Crippen molar-refractivity contribution in [3.63, 3.8) is 0 Å². The molecule has 0 saturated carbocycles. The molecule has 0 saturated heterocycles. The first-order chi connectivity index (χ1) is 10.6. The molecule has 0 bridgehead atoms. The zero-order valence-electron chi connectivity index (χ0n) is 11.8. The number of carbonyl (C=O) groups is 2. The van der Waals surface area contributed by atoms with Crippen molar-refractivity contribution >= 4 is 33.4 Å². The maximum absolute atomic E-state index is 11.9. The average Bonchev–Trinajstić information content (AvgIpc) is 2.53. The highest BCUT2D eigenvalue weighted by Crippen LogP contribution is 2.12. The topological polar surface area (TPSA) is 80.3 Å². The number of hydrogen-bond acceptors (Lipinski definition) is 4. The second-order valence-corrected chi connectivity index (χ2v) is 5.25. The van der Waals surface area contributed by atoms with Gasteiger partial charge in [0.25, 0.3) is 5.91 Å². The third kappa shape index (κ3) is 4.56. The second kappa shape index (κ2) is 7.56. The Morgan fingerprint density at radius 2 is 2.09 bits per heavy atom. The van der Waals surface area contributed by atoms with Gasteiger partial charge >= 0.3 is 0 Å². The molecule has 6 nitrogen and oxygen atoms in total. The lowest BCUT2D eigenvalue weighted by Crippen LogP contribution is -2.32. The van der Waals surface area contributed by atoms with Gasteiger partial charge in [0, 0.05) is 16.1 Å². The number of nitrogens with one attached hydrogen (secondary N) is 2. The van der Waals surface area contributed by atoms with Crippen molar-refractivity contribution in [2.45, 2.75) is 0 Å². The maximum Gasteiger partial charge on any atom is 0.251 e.